The average molecular weight is 389 g/mol. The Morgan fingerprint density at radius 3 is 2.27 bits per heavy atom. The molecule has 0 aliphatic heterocycles. The SMILES string of the molecule is Cc1cc(OCc2ccccc2)cc(OS(=O)(=O)c2ccccc2Cl)c1. The highest BCUT2D eigenvalue weighted by Gasteiger charge is 2.20. The largest absolute Gasteiger partial charge is 0.489 e. The Morgan fingerprint density at radius 2 is 1.54 bits per heavy atom. The van der Waals surface area contributed by atoms with Crippen molar-refractivity contribution in [2.24, 2.45) is 0 Å². The number of benzene rings is 3. The van der Waals surface area contributed by atoms with Gasteiger partial charge in [-0.3, -0.25) is 0 Å². The molecule has 0 aliphatic carbocycles. The molecule has 6 heteroatoms. The van der Waals surface area contributed by atoms with Gasteiger partial charge in [0.25, 0.3) is 0 Å². The minimum atomic E-state index is -4.03. The van der Waals surface area contributed by atoms with Crippen LogP contribution in [-0.4, -0.2) is 8.42 Å². The molecule has 0 atom stereocenters. The van der Waals surface area contributed by atoms with Crippen molar-refractivity contribution in [3.63, 3.8) is 0 Å². The van der Waals surface area contributed by atoms with Gasteiger partial charge in [-0.15, -0.1) is 0 Å². The summed E-state index contributed by atoms with van der Waals surface area (Å²) in [5.74, 6) is 0.700. The number of ether oxygens (including phenoxy) is 1. The van der Waals surface area contributed by atoms with Crippen molar-refractivity contribution in [3.05, 3.63) is 88.9 Å². The Morgan fingerprint density at radius 1 is 0.885 bits per heavy atom. The summed E-state index contributed by atoms with van der Waals surface area (Å²) < 4.78 is 36.0. The lowest BCUT2D eigenvalue weighted by Gasteiger charge is -2.12. The van der Waals surface area contributed by atoms with Crippen molar-refractivity contribution >= 4 is 21.7 Å². The Labute approximate surface area is 158 Å². The van der Waals surface area contributed by atoms with Gasteiger partial charge in [0.05, 0.1) is 5.02 Å². The highest BCUT2D eigenvalue weighted by molar-refractivity contribution is 7.87. The standard InChI is InChI=1S/C20H17ClO4S/c1-15-11-17(24-14-16-7-3-2-4-8-16)13-18(12-15)25-26(22,23)20-10-6-5-9-19(20)21/h2-13H,14H2,1H3. The summed E-state index contributed by atoms with van der Waals surface area (Å²) in [6.07, 6.45) is 0. The summed E-state index contributed by atoms with van der Waals surface area (Å²) in [6, 6.07) is 20.8. The van der Waals surface area contributed by atoms with Crippen LogP contribution in [0.25, 0.3) is 0 Å². The third-order valence-electron chi connectivity index (χ3n) is 3.58. The van der Waals surface area contributed by atoms with Gasteiger partial charge in [-0.25, -0.2) is 0 Å². The van der Waals surface area contributed by atoms with Crippen LogP contribution in [0.3, 0.4) is 0 Å². The lowest BCUT2D eigenvalue weighted by Crippen LogP contribution is -2.10. The molecular weight excluding hydrogens is 372 g/mol. The first-order valence-corrected chi connectivity index (χ1v) is 9.70. The van der Waals surface area contributed by atoms with Crippen LogP contribution in [-0.2, 0) is 16.7 Å². The highest BCUT2D eigenvalue weighted by Crippen LogP contribution is 2.28. The van der Waals surface area contributed by atoms with Crippen LogP contribution in [0.15, 0.2) is 77.7 Å². The van der Waals surface area contributed by atoms with E-state index in [1.54, 1.807) is 24.3 Å². The zero-order valence-corrected chi connectivity index (χ0v) is 15.6. The van der Waals surface area contributed by atoms with Crippen molar-refractivity contribution in [2.75, 3.05) is 0 Å². The van der Waals surface area contributed by atoms with Gasteiger partial charge in [-0.1, -0.05) is 54.1 Å². The first-order chi connectivity index (χ1) is 12.4. The van der Waals surface area contributed by atoms with Gasteiger partial charge in [0.2, 0.25) is 0 Å². The number of rotatable bonds is 6. The fourth-order valence-electron chi connectivity index (χ4n) is 2.41. The molecule has 26 heavy (non-hydrogen) atoms. The minimum Gasteiger partial charge on any atom is -0.489 e. The van der Waals surface area contributed by atoms with E-state index < -0.39 is 10.1 Å². The Balaban J connectivity index is 1.80. The molecule has 0 aliphatic rings. The Kier molecular flexibility index (Phi) is 5.49. The summed E-state index contributed by atoms with van der Waals surface area (Å²) >= 11 is 5.97. The van der Waals surface area contributed by atoms with Crippen LogP contribution in [0.5, 0.6) is 11.5 Å². The van der Waals surface area contributed by atoms with Crippen molar-refractivity contribution < 1.29 is 17.3 Å². The molecule has 0 aromatic heterocycles. The van der Waals surface area contributed by atoms with Crippen LogP contribution < -0.4 is 8.92 Å². The van der Waals surface area contributed by atoms with Crippen LogP contribution in [0.2, 0.25) is 5.02 Å². The van der Waals surface area contributed by atoms with E-state index in [0.717, 1.165) is 11.1 Å². The van der Waals surface area contributed by atoms with Crippen molar-refractivity contribution in [1.29, 1.82) is 0 Å². The molecule has 4 nitrogen and oxygen atoms in total. The van der Waals surface area contributed by atoms with Gasteiger partial charge >= 0.3 is 10.1 Å². The van der Waals surface area contributed by atoms with Crippen LogP contribution in [0.1, 0.15) is 11.1 Å². The van der Waals surface area contributed by atoms with E-state index in [-0.39, 0.29) is 15.7 Å². The van der Waals surface area contributed by atoms with E-state index in [9.17, 15) is 8.42 Å². The van der Waals surface area contributed by atoms with E-state index in [4.69, 9.17) is 20.5 Å². The molecule has 0 unspecified atom stereocenters. The van der Waals surface area contributed by atoms with Crippen molar-refractivity contribution in [1.82, 2.24) is 0 Å². The van der Waals surface area contributed by atoms with Crippen LogP contribution in [0.4, 0.5) is 0 Å². The second kappa shape index (κ2) is 7.81. The number of aryl methyl sites for hydroxylation is 1. The molecule has 0 saturated carbocycles. The Bertz CT molecular complexity index is 1000. The van der Waals surface area contributed by atoms with Crippen LogP contribution >= 0.6 is 11.6 Å². The van der Waals surface area contributed by atoms with Gasteiger partial charge in [0.15, 0.2) is 0 Å². The summed E-state index contributed by atoms with van der Waals surface area (Å²) in [6.45, 7) is 2.21. The van der Waals surface area contributed by atoms with E-state index >= 15 is 0 Å². The maximum atomic E-state index is 12.5. The number of hydrogen-bond donors (Lipinski definition) is 0. The molecule has 0 N–H and O–H groups in total. The number of halogens is 1. The average Bonchev–Trinajstić information content (AvgIpc) is 2.60. The summed E-state index contributed by atoms with van der Waals surface area (Å²) in [4.78, 5) is -0.0741. The van der Waals surface area contributed by atoms with E-state index in [2.05, 4.69) is 0 Å². The summed E-state index contributed by atoms with van der Waals surface area (Å²) in [5, 5.41) is 0.112. The second-order valence-corrected chi connectivity index (χ2v) is 7.65. The molecule has 0 saturated heterocycles. The van der Waals surface area contributed by atoms with E-state index in [1.165, 1.54) is 12.1 Å². The predicted molar refractivity (Wildman–Crippen MR) is 101 cm³/mol. The van der Waals surface area contributed by atoms with Gasteiger partial charge < -0.3 is 8.92 Å². The van der Waals surface area contributed by atoms with Gasteiger partial charge in [0.1, 0.15) is 23.0 Å². The maximum absolute atomic E-state index is 12.5. The normalized spacial score (nSPS) is 11.2. The second-order valence-electron chi connectivity index (χ2n) is 5.72. The molecule has 0 radical (unpaired) electrons. The highest BCUT2D eigenvalue weighted by atomic mass is 35.5. The first-order valence-electron chi connectivity index (χ1n) is 7.91. The predicted octanol–water partition coefficient (Wildman–Crippen LogP) is 5.00. The smallest absolute Gasteiger partial charge is 0.340 e. The monoisotopic (exact) mass is 388 g/mol. The molecule has 134 valence electrons. The zero-order chi connectivity index (χ0) is 18.6. The molecule has 0 fully saturated rings. The van der Waals surface area contributed by atoms with Crippen LogP contribution in [0, 0.1) is 6.92 Å². The minimum absolute atomic E-state index is 0.0741. The van der Waals surface area contributed by atoms with Crippen molar-refractivity contribution in [3.8, 4) is 11.5 Å². The van der Waals surface area contributed by atoms with E-state index in [1.807, 2.05) is 43.3 Å². The molecule has 0 heterocycles. The third-order valence-corrected chi connectivity index (χ3v) is 5.33. The summed E-state index contributed by atoms with van der Waals surface area (Å²) in [5.41, 5.74) is 1.83. The first kappa shape index (κ1) is 18.3. The van der Waals surface area contributed by atoms with Gasteiger partial charge in [0, 0.05) is 6.07 Å². The van der Waals surface area contributed by atoms with Gasteiger partial charge in [-0.05, 0) is 42.3 Å². The Hall–Kier alpha value is -2.50. The van der Waals surface area contributed by atoms with Gasteiger partial charge in [-0.2, -0.15) is 8.42 Å². The molecule has 3 rings (SSSR count). The number of hydrogen-bond acceptors (Lipinski definition) is 4. The third kappa shape index (κ3) is 4.56. The fraction of sp³-hybridized carbons (Fsp3) is 0.100. The zero-order valence-electron chi connectivity index (χ0n) is 14.1. The molecular formula is C20H17ClO4S. The molecule has 0 amide bonds. The molecule has 3 aromatic carbocycles. The quantitative estimate of drug-likeness (QED) is 0.558. The lowest BCUT2D eigenvalue weighted by molar-refractivity contribution is 0.305. The molecule has 3 aromatic rings. The molecule has 0 bridgehead atoms. The maximum Gasteiger partial charge on any atom is 0.340 e. The molecule has 0 spiro atoms. The topological polar surface area (TPSA) is 52.6 Å². The van der Waals surface area contributed by atoms with Crippen molar-refractivity contribution in [2.45, 2.75) is 18.4 Å². The fourth-order valence-corrected chi connectivity index (χ4v) is 3.82. The summed E-state index contributed by atoms with van der Waals surface area (Å²) in [7, 11) is -4.03. The van der Waals surface area contributed by atoms with E-state index in [0.29, 0.717) is 12.4 Å². The lowest BCUT2D eigenvalue weighted by atomic mass is 10.2.